The smallest absolute Gasteiger partial charge is 0.245 e. The summed E-state index contributed by atoms with van der Waals surface area (Å²) in [5.41, 5.74) is 0. The number of piperazine rings is 1. The van der Waals surface area contributed by atoms with Gasteiger partial charge in [0.2, 0.25) is 11.8 Å². The summed E-state index contributed by atoms with van der Waals surface area (Å²) in [6.07, 6.45) is 6.60. The Hall–Kier alpha value is -1.06. The van der Waals surface area contributed by atoms with Gasteiger partial charge in [-0.05, 0) is 25.2 Å². The van der Waals surface area contributed by atoms with Gasteiger partial charge in [0.1, 0.15) is 6.04 Å². The number of carbonyl (C=O) groups is 2. The first kappa shape index (κ1) is 13.4. The lowest BCUT2D eigenvalue weighted by Crippen LogP contribution is -2.61. The lowest BCUT2D eigenvalue weighted by Gasteiger charge is -2.39. The minimum Gasteiger partial charge on any atom is -0.343 e. The van der Waals surface area contributed by atoms with Crippen LogP contribution in [0.2, 0.25) is 0 Å². The quantitative estimate of drug-likeness (QED) is 0.760. The van der Waals surface area contributed by atoms with Gasteiger partial charge in [-0.25, -0.2) is 0 Å². The lowest BCUT2D eigenvalue weighted by molar-refractivity contribution is -0.148. The standard InChI is InChI=1S/C14H24N2O2/c1-3-11-14(18)16(9-13(17)15-11)12-8-6-4-5-7-10(12)2/h10-12H,3-9H2,1-2H3,(H,15,17). The van der Waals surface area contributed by atoms with Crippen LogP contribution in [0, 0.1) is 5.92 Å². The maximum absolute atomic E-state index is 12.4. The van der Waals surface area contributed by atoms with Crippen LogP contribution >= 0.6 is 0 Å². The molecule has 1 aliphatic carbocycles. The monoisotopic (exact) mass is 252 g/mol. The van der Waals surface area contributed by atoms with Crippen molar-refractivity contribution in [3.8, 4) is 0 Å². The highest BCUT2D eigenvalue weighted by molar-refractivity contribution is 5.95. The Morgan fingerprint density at radius 3 is 2.67 bits per heavy atom. The summed E-state index contributed by atoms with van der Waals surface area (Å²) in [6, 6.07) is -0.0400. The maximum atomic E-state index is 12.4. The molecule has 0 radical (unpaired) electrons. The molecular formula is C14H24N2O2. The number of rotatable bonds is 2. The predicted molar refractivity (Wildman–Crippen MR) is 70.0 cm³/mol. The zero-order chi connectivity index (χ0) is 13.1. The van der Waals surface area contributed by atoms with Gasteiger partial charge in [-0.15, -0.1) is 0 Å². The van der Waals surface area contributed by atoms with E-state index in [2.05, 4.69) is 12.2 Å². The molecule has 2 aliphatic rings. The second-order valence-corrected chi connectivity index (χ2v) is 5.68. The molecule has 4 nitrogen and oxygen atoms in total. The molecule has 1 heterocycles. The molecule has 2 rings (SSSR count). The molecule has 0 aromatic carbocycles. The van der Waals surface area contributed by atoms with Gasteiger partial charge in [-0.1, -0.05) is 33.1 Å². The van der Waals surface area contributed by atoms with Crippen molar-refractivity contribution in [2.75, 3.05) is 6.54 Å². The molecule has 4 heteroatoms. The molecule has 0 aromatic rings. The highest BCUT2D eigenvalue weighted by Crippen LogP contribution is 2.28. The third-order valence-electron chi connectivity index (χ3n) is 4.36. The summed E-state index contributed by atoms with van der Waals surface area (Å²) in [6.45, 7) is 4.42. The fourth-order valence-electron chi connectivity index (χ4n) is 3.23. The van der Waals surface area contributed by atoms with Gasteiger partial charge in [0.25, 0.3) is 0 Å². The number of carbonyl (C=O) groups excluding carboxylic acids is 2. The van der Waals surface area contributed by atoms with Crippen LogP contribution in [-0.2, 0) is 9.59 Å². The van der Waals surface area contributed by atoms with E-state index in [9.17, 15) is 9.59 Å². The van der Waals surface area contributed by atoms with E-state index < -0.39 is 0 Å². The second-order valence-electron chi connectivity index (χ2n) is 5.68. The molecular weight excluding hydrogens is 228 g/mol. The molecule has 0 spiro atoms. The highest BCUT2D eigenvalue weighted by Gasteiger charge is 2.37. The first-order valence-electron chi connectivity index (χ1n) is 7.23. The summed E-state index contributed by atoms with van der Waals surface area (Å²) in [5, 5.41) is 2.79. The number of nitrogens with zero attached hydrogens (tertiary/aromatic N) is 1. The number of amides is 2. The van der Waals surface area contributed by atoms with E-state index in [1.54, 1.807) is 0 Å². The van der Waals surface area contributed by atoms with Crippen molar-refractivity contribution in [3.05, 3.63) is 0 Å². The van der Waals surface area contributed by atoms with Crippen LogP contribution in [0.15, 0.2) is 0 Å². The Morgan fingerprint density at radius 2 is 1.94 bits per heavy atom. The van der Waals surface area contributed by atoms with E-state index in [4.69, 9.17) is 0 Å². The Morgan fingerprint density at radius 1 is 1.22 bits per heavy atom. The van der Waals surface area contributed by atoms with Gasteiger partial charge in [-0.2, -0.15) is 0 Å². The number of hydrogen-bond acceptors (Lipinski definition) is 2. The van der Waals surface area contributed by atoms with Gasteiger partial charge in [0, 0.05) is 6.04 Å². The van der Waals surface area contributed by atoms with E-state index >= 15 is 0 Å². The van der Waals surface area contributed by atoms with Gasteiger partial charge in [0.15, 0.2) is 0 Å². The normalized spacial score (nSPS) is 34.1. The molecule has 1 saturated heterocycles. The number of hydrogen-bond donors (Lipinski definition) is 1. The first-order chi connectivity index (χ1) is 8.63. The largest absolute Gasteiger partial charge is 0.343 e. The fourth-order valence-corrected chi connectivity index (χ4v) is 3.23. The molecule has 2 fully saturated rings. The van der Waals surface area contributed by atoms with E-state index in [1.165, 1.54) is 25.7 Å². The zero-order valence-corrected chi connectivity index (χ0v) is 11.4. The lowest BCUT2D eigenvalue weighted by atomic mass is 9.93. The summed E-state index contributed by atoms with van der Waals surface area (Å²) < 4.78 is 0. The van der Waals surface area contributed by atoms with Crippen LogP contribution in [0.1, 0.15) is 52.4 Å². The third kappa shape index (κ3) is 2.68. The van der Waals surface area contributed by atoms with E-state index in [0.29, 0.717) is 12.3 Å². The minimum absolute atomic E-state index is 0.00195. The van der Waals surface area contributed by atoms with Crippen molar-refractivity contribution >= 4 is 11.8 Å². The van der Waals surface area contributed by atoms with Crippen molar-refractivity contribution in [1.29, 1.82) is 0 Å². The van der Waals surface area contributed by atoms with Crippen molar-refractivity contribution in [2.24, 2.45) is 5.92 Å². The zero-order valence-electron chi connectivity index (χ0n) is 11.4. The van der Waals surface area contributed by atoms with Crippen LogP contribution in [0.3, 0.4) is 0 Å². The van der Waals surface area contributed by atoms with Gasteiger partial charge in [-0.3, -0.25) is 9.59 Å². The fraction of sp³-hybridized carbons (Fsp3) is 0.857. The van der Waals surface area contributed by atoms with Crippen molar-refractivity contribution in [3.63, 3.8) is 0 Å². The van der Waals surface area contributed by atoms with Gasteiger partial charge >= 0.3 is 0 Å². The van der Waals surface area contributed by atoms with Crippen LogP contribution in [0.25, 0.3) is 0 Å². The van der Waals surface area contributed by atoms with Crippen molar-refractivity contribution in [2.45, 2.75) is 64.5 Å². The van der Waals surface area contributed by atoms with Crippen LogP contribution < -0.4 is 5.32 Å². The second kappa shape index (κ2) is 5.72. The van der Waals surface area contributed by atoms with Gasteiger partial charge in [0.05, 0.1) is 6.54 Å². The van der Waals surface area contributed by atoms with Crippen LogP contribution in [0.5, 0.6) is 0 Å². The van der Waals surface area contributed by atoms with Gasteiger partial charge < -0.3 is 10.2 Å². The van der Waals surface area contributed by atoms with E-state index in [0.717, 1.165) is 6.42 Å². The summed E-state index contributed by atoms with van der Waals surface area (Å²) in [5.74, 6) is 0.633. The molecule has 0 aromatic heterocycles. The predicted octanol–water partition coefficient (Wildman–Crippen LogP) is 1.69. The molecule has 3 atom stereocenters. The summed E-state index contributed by atoms with van der Waals surface area (Å²) >= 11 is 0. The maximum Gasteiger partial charge on any atom is 0.245 e. The molecule has 1 saturated carbocycles. The topological polar surface area (TPSA) is 49.4 Å². The Kier molecular flexibility index (Phi) is 4.25. The Labute approximate surface area is 109 Å². The van der Waals surface area contributed by atoms with Crippen molar-refractivity contribution in [1.82, 2.24) is 10.2 Å². The van der Waals surface area contributed by atoms with Crippen LogP contribution in [0.4, 0.5) is 0 Å². The third-order valence-corrected chi connectivity index (χ3v) is 4.36. The molecule has 0 bridgehead atoms. The average Bonchev–Trinajstić information content (AvgIpc) is 2.56. The summed E-state index contributed by atoms with van der Waals surface area (Å²) in [4.78, 5) is 25.9. The Bertz CT molecular complexity index is 330. The summed E-state index contributed by atoms with van der Waals surface area (Å²) in [7, 11) is 0. The molecule has 18 heavy (non-hydrogen) atoms. The molecule has 102 valence electrons. The molecule has 1 N–H and O–H groups in total. The SMILES string of the molecule is CCC1NC(=O)CN(C2CCCCCC2C)C1=O. The minimum atomic E-state index is -0.304. The van der Waals surface area contributed by atoms with Crippen LogP contribution in [-0.4, -0.2) is 35.3 Å². The Balaban J connectivity index is 2.13. The van der Waals surface area contributed by atoms with Crippen molar-refractivity contribution < 1.29 is 9.59 Å². The first-order valence-corrected chi connectivity index (χ1v) is 7.23. The molecule has 2 amide bonds. The average molecular weight is 252 g/mol. The van der Waals surface area contributed by atoms with E-state index in [1.807, 2.05) is 11.8 Å². The number of nitrogens with one attached hydrogen (secondary N) is 1. The molecule has 3 unspecified atom stereocenters. The molecule has 1 aliphatic heterocycles. The van der Waals surface area contributed by atoms with E-state index in [-0.39, 0.29) is 30.4 Å². The highest BCUT2D eigenvalue weighted by atomic mass is 16.2.